The van der Waals surface area contributed by atoms with E-state index in [2.05, 4.69) is 15.4 Å². The van der Waals surface area contributed by atoms with Gasteiger partial charge in [-0.3, -0.25) is 0 Å². The second-order valence-corrected chi connectivity index (χ2v) is 6.33. The van der Waals surface area contributed by atoms with Crippen molar-refractivity contribution in [2.24, 2.45) is 0 Å². The standard InChI is InChI=1S/C12H19N3O2S2/c1-4-7-14-12(18)15-10-6-5-9(2)11(8-10)19(16,17)13-3/h5-6,8,13H,4,7H2,1-3H3,(H2,14,15,18). The molecule has 5 nitrogen and oxygen atoms in total. The van der Waals surface area contributed by atoms with Gasteiger partial charge in [-0.1, -0.05) is 13.0 Å². The van der Waals surface area contributed by atoms with Gasteiger partial charge >= 0.3 is 0 Å². The van der Waals surface area contributed by atoms with Crippen LogP contribution in [0.2, 0.25) is 0 Å². The van der Waals surface area contributed by atoms with Crippen LogP contribution in [0.1, 0.15) is 18.9 Å². The highest BCUT2D eigenvalue weighted by molar-refractivity contribution is 7.89. The first kappa shape index (κ1) is 15.9. The summed E-state index contributed by atoms with van der Waals surface area (Å²) >= 11 is 5.11. The number of anilines is 1. The molecule has 0 unspecified atom stereocenters. The monoisotopic (exact) mass is 301 g/mol. The Bertz CT molecular complexity index is 556. The molecule has 0 aromatic heterocycles. The van der Waals surface area contributed by atoms with Gasteiger partial charge < -0.3 is 10.6 Å². The number of thiocarbonyl (C=S) groups is 1. The van der Waals surface area contributed by atoms with Crippen LogP contribution in [0.25, 0.3) is 0 Å². The van der Waals surface area contributed by atoms with Crippen LogP contribution in [-0.2, 0) is 10.0 Å². The average molecular weight is 301 g/mol. The van der Waals surface area contributed by atoms with Gasteiger partial charge in [-0.25, -0.2) is 13.1 Å². The summed E-state index contributed by atoms with van der Waals surface area (Å²) in [6, 6.07) is 5.11. The fourth-order valence-electron chi connectivity index (χ4n) is 1.49. The van der Waals surface area contributed by atoms with Crippen molar-refractivity contribution < 1.29 is 8.42 Å². The van der Waals surface area contributed by atoms with Gasteiger partial charge in [0.05, 0.1) is 4.90 Å². The quantitative estimate of drug-likeness (QED) is 0.721. The molecule has 106 valence electrons. The molecule has 0 heterocycles. The minimum absolute atomic E-state index is 0.248. The molecule has 7 heteroatoms. The lowest BCUT2D eigenvalue weighted by atomic mass is 10.2. The first-order chi connectivity index (χ1) is 8.90. The summed E-state index contributed by atoms with van der Waals surface area (Å²) in [6.07, 6.45) is 0.967. The Morgan fingerprint density at radius 2 is 2.05 bits per heavy atom. The van der Waals surface area contributed by atoms with E-state index in [9.17, 15) is 8.42 Å². The molecule has 0 aliphatic rings. The normalized spacial score (nSPS) is 11.1. The zero-order valence-corrected chi connectivity index (χ0v) is 12.9. The zero-order valence-electron chi connectivity index (χ0n) is 11.3. The zero-order chi connectivity index (χ0) is 14.5. The molecule has 0 bridgehead atoms. The summed E-state index contributed by atoms with van der Waals surface area (Å²) in [4.78, 5) is 0.248. The van der Waals surface area contributed by atoms with Crippen LogP contribution in [0, 0.1) is 6.92 Å². The molecule has 1 aromatic rings. The van der Waals surface area contributed by atoms with Crippen LogP contribution in [0.5, 0.6) is 0 Å². The molecule has 3 N–H and O–H groups in total. The van der Waals surface area contributed by atoms with Crippen molar-refractivity contribution in [1.29, 1.82) is 0 Å². The summed E-state index contributed by atoms with van der Waals surface area (Å²) in [5, 5.41) is 6.48. The van der Waals surface area contributed by atoms with Crippen molar-refractivity contribution in [3.63, 3.8) is 0 Å². The van der Waals surface area contributed by atoms with Gasteiger partial charge in [-0.15, -0.1) is 0 Å². The highest BCUT2D eigenvalue weighted by Gasteiger charge is 2.15. The predicted molar refractivity (Wildman–Crippen MR) is 81.9 cm³/mol. The van der Waals surface area contributed by atoms with Crippen molar-refractivity contribution in [3.05, 3.63) is 23.8 Å². The van der Waals surface area contributed by atoms with Gasteiger partial charge in [0.1, 0.15) is 0 Å². The molecular formula is C12H19N3O2S2. The Balaban J connectivity index is 2.94. The van der Waals surface area contributed by atoms with E-state index in [1.807, 2.05) is 6.92 Å². The largest absolute Gasteiger partial charge is 0.362 e. The lowest BCUT2D eigenvalue weighted by Gasteiger charge is -2.12. The van der Waals surface area contributed by atoms with E-state index in [0.717, 1.165) is 13.0 Å². The number of sulfonamides is 1. The van der Waals surface area contributed by atoms with Crippen LogP contribution in [0.15, 0.2) is 23.1 Å². The third kappa shape index (κ3) is 4.45. The first-order valence-electron chi connectivity index (χ1n) is 5.99. The highest BCUT2D eigenvalue weighted by atomic mass is 32.2. The molecule has 0 spiro atoms. The van der Waals surface area contributed by atoms with E-state index in [1.165, 1.54) is 7.05 Å². The molecule has 0 amide bonds. The van der Waals surface area contributed by atoms with E-state index < -0.39 is 10.0 Å². The van der Waals surface area contributed by atoms with E-state index in [1.54, 1.807) is 25.1 Å². The molecule has 1 rings (SSSR count). The second-order valence-electron chi connectivity index (χ2n) is 4.07. The van der Waals surface area contributed by atoms with E-state index >= 15 is 0 Å². The van der Waals surface area contributed by atoms with E-state index in [0.29, 0.717) is 16.4 Å². The van der Waals surface area contributed by atoms with Gasteiger partial charge in [-0.05, 0) is 50.3 Å². The van der Waals surface area contributed by atoms with Crippen LogP contribution in [-0.4, -0.2) is 27.1 Å². The fourth-order valence-corrected chi connectivity index (χ4v) is 2.71. The minimum atomic E-state index is -3.46. The lowest BCUT2D eigenvalue weighted by Crippen LogP contribution is -2.29. The average Bonchev–Trinajstić information content (AvgIpc) is 2.38. The molecule has 0 atom stereocenters. The molecule has 0 radical (unpaired) electrons. The van der Waals surface area contributed by atoms with E-state index in [-0.39, 0.29) is 4.90 Å². The molecule has 0 saturated carbocycles. The van der Waals surface area contributed by atoms with Crippen LogP contribution in [0.3, 0.4) is 0 Å². The fraction of sp³-hybridized carbons (Fsp3) is 0.417. The summed E-state index contributed by atoms with van der Waals surface area (Å²) in [5.74, 6) is 0. The smallest absolute Gasteiger partial charge is 0.240 e. The SMILES string of the molecule is CCCNC(=S)Nc1ccc(C)c(S(=O)(=O)NC)c1. The number of hydrogen-bond donors (Lipinski definition) is 3. The maximum absolute atomic E-state index is 11.8. The number of hydrogen-bond acceptors (Lipinski definition) is 3. The van der Waals surface area contributed by atoms with Gasteiger partial charge in [0.2, 0.25) is 10.0 Å². The molecule has 0 saturated heterocycles. The third-order valence-electron chi connectivity index (χ3n) is 2.54. The Hall–Kier alpha value is -1.18. The first-order valence-corrected chi connectivity index (χ1v) is 7.89. The number of nitrogens with one attached hydrogen (secondary N) is 3. The van der Waals surface area contributed by atoms with Crippen molar-refractivity contribution in [2.75, 3.05) is 18.9 Å². The van der Waals surface area contributed by atoms with Crippen LogP contribution in [0.4, 0.5) is 5.69 Å². The van der Waals surface area contributed by atoms with Gasteiger partial charge in [0.25, 0.3) is 0 Å². The molecule has 0 fully saturated rings. The van der Waals surface area contributed by atoms with Gasteiger partial charge in [0, 0.05) is 12.2 Å². The maximum atomic E-state index is 11.8. The number of rotatable bonds is 5. The van der Waals surface area contributed by atoms with Crippen molar-refractivity contribution in [2.45, 2.75) is 25.2 Å². The molecule has 0 aliphatic heterocycles. The molecule has 0 aliphatic carbocycles. The second kappa shape index (κ2) is 6.83. The maximum Gasteiger partial charge on any atom is 0.240 e. The van der Waals surface area contributed by atoms with E-state index in [4.69, 9.17) is 12.2 Å². The van der Waals surface area contributed by atoms with Crippen LogP contribution >= 0.6 is 12.2 Å². The lowest BCUT2D eigenvalue weighted by molar-refractivity contribution is 0.587. The van der Waals surface area contributed by atoms with Gasteiger partial charge in [0.15, 0.2) is 5.11 Å². The summed E-state index contributed by atoms with van der Waals surface area (Å²) in [5.41, 5.74) is 1.33. The molecule has 19 heavy (non-hydrogen) atoms. The summed E-state index contributed by atoms with van der Waals surface area (Å²) < 4.78 is 26.0. The minimum Gasteiger partial charge on any atom is -0.362 e. The van der Waals surface area contributed by atoms with Gasteiger partial charge in [-0.2, -0.15) is 0 Å². The number of benzene rings is 1. The van der Waals surface area contributed by atoms with Crippen molar-refractivity contribution >= 4 is 33.0 Å². The summed E-state index contributed by atoms with van der Waals surface area (Å²) in [7, 11) is -2.07. The third-order valence-corrected chi connectivity index (χ3v) is 4.34. The predicted octanol–water partition coefficient (Wildman–Crippen LogP) is 1.60. The topological polar surface area (TPSA) is 70.2 Å². The Morgan fingerprint density at radius 3 is 2.63 bits per heavy atom. The molecule has 1 aromatic carbocycles. The Morgan fingerprint density at radius 1 is 1.37 bits per heavy atom. The Labute approximate surface area is 119 Å². The number of aryl methyl sites for hydroxylation is 1. The highest BCUT2D eigenvalue weighted by Crippen LogP contribution is 2.19. The van der Waals surface area contributed by atoms with Crippen molar-refractivity contribution in [1.82, 2.24) is 10.0 Å². The van der Waals surface area contributed by atoms with Crippen molar-refractivity contribution in [3.8, 4) is 0 Å². The summed E-state index contributed by atoms with van der Waals surface area (Å²) in [6.45, 7) is 4.57. The Kier molecular flexibility index (Phi) is 5.71. The molecular weight excluding hydrogens is 282 g/mol. The van der Waals surface area contributed by atoms with Crippen LogP contribution < -0.4 is 15.4 Å².